The van der Waals surface area contributed by atoms with E-state index in [1.54, 1.807) is 24.3 Å². The standard InChI is InChI=1S/C16H11NO4.Y/c1-2-17-15(18)9-7-13-6-8-14(21-13)11-4-3-5-12(10-11)16(19)20;/h3-8,10H,1H2,(H,17,18)(H,19,20);/q-2;. The minimum absolute atomic E-state index is 0. The fourth-order valence-corrected chi connectivity index (χ4v) is 1.64. The predicted molar refractivity (Wildman–Crippen MR) is 75.8 cm³/mol. The van der Waals surface area contributed by atoms with E-state index in [9.17, 15) is 9.59 Å². The van der Waals surface area contributed by atoms with Crippen LogP contribution in [0.15, 0.2) is 47.4 Å². The van der Waals surface area contributed by atoms with Gasteiger partial charge >= 0.3 is 5.97 Å². The molecule has 0 spiro atoms. The SMILES string of the molecule is C=[C-]NC(=O)[C-]=Cc1ccc(-c2cccc(C(=O)O)c2)o1.[Y]. The Labute approximate surface area is 152 Å². The van der Waals surface area contributed by atoms with Crippen molar-refractivity contribution >= 4 is 18.0 Å². The van der Waals surface area contributed by atoms with Crippen LogP contribution in [0.2, 0.25) is 0 Å². The van der Waals surface area contributed by atoms with Crippen molar-refractivity contribution in [2.24, 2.45) is 0 Å². The van der Waals surface area contributed by atoms with Crippen LogP contribution >= 0.6 is 0 Å². The first-order chi connectivity index (χ1) is 10.1. The van der Waals surface area contributed by atoms with Crippen LogP contribution in [0.1, 0.15) is 16.1 Å². The number of aromatic carboxylic acids is 1. The summed E-state index contributed by atoms with van der Waals surface area (Å²) in [5, 5.41) is 11.2. The third-order valence-corrected chi connectivity index (χ3v) is 2.57. The van der Waals surface area contributed by atoms with Gasteiger partial charge in [0, 0.05) is 38.3 Å². The molecular weight excluding hydrogens is 359 g/mol. The largest absolute Gasteiger partial charge is 0.545 e. The summed E-state index contributed by atoms with van der Waals surface area (Å²) in [5.41, 5.74) is 0.812. The quantitative estimate of drug-likeness (QED) is 0.482. The Hall–Kier alpha value is -1.98. The van der Waals surface area contributed by atoms with E-state index in [0.29, 0.717) is 17.1 Å². The van der Waals surface area contributed by atoms with E-state index in [4.69, 9.17) is 9.52 Å². The minimum atomic E-state index is -1.01. The number of furan rings is 1. The Bertz CT molecular complexity index is 718. The van der Waals surface area contributed by atoms with Gasteiger partial charge in [0.15, 0.2) is 0 Å². The molecule has 2 rings (SSSR count). The van der Waals surface area contributed by atoms with Gasteiger partial charge in [-0.25, -0.2) is 10.9 Å². The first-order valence-electron chi connectivity index (χ1n) is 5.95. The van der Waals surface area contributed by atoms with Gasteiger partial charge < -0.3 is 19.6 Å². The van der Waals surface area contributed by atoms with Gasteiger partial charge in [0.25, 0.3) is 0 Å². The first kappa shape index (κ1) is 18.1. The second kappa shape index (κ2) is 8.46. The van der Waals surface area contributed by atoms with Crippen molar-refractivity contribution in [2.45, 2.75) is 0 Å². The van der Waals surface area contributed by atoms with Crippen molar-refractivity contribution in [1.82, 2.24) is 5.32 Å². The molecule has 0 unspecified atom stereocenters. The maximum atomic E-state index is 11.1. The van der Waals surface area contributed by atoms with Crippen molar-refractivity contribution in [3.8, 4) is 11.3 Å². The molecule has 1 amide bonds. The number of carbonyl (C=O) groups excluding carboxylic acids is 1. The number of carboxylic acids is 1. The van der Waals surface area contributed by atoms with E-state index in [2.05, 4.69) is 24.2 Å². The van der Waals surface area contributed by atoms with Crippen molar-refractivity contribution in [2.75, 3.05) is 0 Å². The first-order valence-corrected chi connectivity index (χ1v) is 5.95. The molecule has 5 nitrogen and oxygen atoms in total. The van der Waals surface area contributed by atoms with E-state index in [1.807, 2.05) is 0 Å². The van der Waals surface area contributed by atoms with Gasteiger partial charge in [-0.05, 0) is 29.9 Å². The number of nitrogens with one attached hydrogen (secondary N) is 1. The smallest absolute Gasteiger partial charge is 0.335 e. The van der Waals surface area contributed by atoms with Gasteiger partial charge in [0.1, 0.15) is 5.76 Å². The molecule has 0 saturated carbocycles. The second-order valence-corrected chi connectivity index (χ2v) is 4.01. The van der Waals surface area contributed by atoms with Gasteiger partial charge in [-0.2, -0.15) is 12.8 Å². The second-order valence-electron chi connectivity index (χ2n) is 4.01. The molecule has 6 heteroatoms. The molecule has 1 radical (unpaired) electrons. The monoisotopic (exact) mass is 370 g/mol. The number of benzene rings is 1. The number of amides is 1. The van der Waals surface area contributed by atoms with Crippen LogP contribution in [-0.4, -0.2) is 17.0 Å². The van der Waals surface area contributed by atoms with Crippen molar-refractivity contribution in [3.63, 3.8) is 0 Å². The van der Waals surface area contributed by atoms with Crippen molar-refractivity contribution in [3.05, 3.63) is 66.6 Å². The molecular formula is C16H11NO4Y-2. The number of carboxylic acid groups (broad SMARTS) is 1. The predicted octanol–water partition coefficient (Wildman–Crippen LogP) is 2.52. The fraction of sp³-hybridized carbons (Fsp3) is 0. The van der Waals surface area contributed by atoms with Crippen LogP contribution in [0.4, 0.5) is 0 Å². The molecule has 2 aromatic rings. The zero-order chi connectivity index (χ0) is 15.2. The fourth-order valence-electron chi connectivity index (χ4n) is 1.64. The molecule has 0 bridgehead atoms. The van der Waals surface area contributed by atoms with Crippen molar-refractivity contribution < 1.29 is 51.8 Å². The Morgan fingerprint density at radius 1 is 1.27 bits per heavy atom. The summed E-state index contributed by atoms with van der Waals surface area (Å²) in [5.74, 6) is -0.572. The van der Waals surface area contributed by atoms with Crippen molar-refractivity contribution in [1.29, 1.82) is 0 Å². The Kier molecular flexibility index (Phi) is 6.95. The summed E-state index contributed by atoms with van der Waals surface area (Å²) in [6.45, 7) is 3.24. The topological polar surface area (TPSA) is 79.5 Å². The number of carbonyl (C=O) groups is 2. The minimum Gasteiger partial charge on any atom is -0.545 e. The molecule has 0 aliphatic heterocycles. The molecule has 0 aliphatic carbocycles. The Morgan fingerprint density at radius 3 is 2.73 bits per heavy atom. The van der Waals surface area contributed by atoms with Gasteiger partial charge in [-0.1, -0.05) is 18.2 Å². The molecule has 109 valence electrons. The van der Waals surface area contributed by atoms with E-state index < -0.39 is 11.9 Å². The molecule has 2 N–H and O–H groups in total. The summed E-state index contributed by atoms with van der Waals surface area (Å²) in [7, 11) is 0. The average Bonchev–Trinajstić information content (AvgIpc) is 2.94. The molecule has 22 heavy (non-hydrogen) atoms. The summed E-state index contributed by atoms with van der Waals surface area (Å²) >= 11 is 0. The van der Waals surface area contributed by atoms with Gasteiger partial charge in [-0.15, -0.1) is 0 Å². The normalized spacial score (nSPS) is 10.0. The molecule has 0 aliphatic rings. The molecule has 1 aromatic carbocycles. The average molecular weight is 370 g/mol. The van der Waals surface area contributed by atoms with Crippen LogP contribution < -0.4 is 5.32 Å². The molecule has 1 aromatic heterocycles. The van der Waals surface area contributed by atoms with Crippen LogP contribution in [0.3, 0.4) is 0 Å². The van der Waals surface area contributed by atoms with E-state index in [1.165, 1.54) is 18.2 Å². The van der Waals surface area contributed by atoms with Crippen LogP contribution in [0, 0.1) is 12.3 Å². The third-order valence-electron chi connectivity index (χ3n) is 2.57. The molecule has 0 fully saturated rings. The molecule has 1 heterocycles. The van der Waals surface area contributed by atoms with Crippen LogP contribution in [-0.2, 0) is 37.5 Å². The van der Waals surface area contributed by atoms with Gasteiger partial charge in [-0.3, -0.25) is 6.08 Å². The summed E-state index contributed by atoms with van der Waals surface area (Å²) in [4.78, 5) is 22.1. The third kappa shape index (κ3) is 4.79. The summed E-state index contributed by atoms with van der Waals surface area (Å²) in [6.07, 6.45) is 6.03. The number of hydrogen-bond donors (Lipinski definition) is 2. The zero-order valence-electron chi connectivity index (χ0n) is 11.5. The summed E-state index contributed by atoms with van der Waals surface area (Å²) in [6, 6.07) is 9.72. The maximum Gasteiger partial charge on any atom is 0.335 e. The van der Waals surface area contributed by atoms with Gasteiger partial charge in [0.2, 0.25) is 0 Å². The van der Waals surface area contributed by atoms with E-state index in [0.717, 1.165) is 0 Å². The summed E-state index contributed by atoms with van der Waals surface area (Å²) < 4.78 is 5.51. The Balaban J connectivity index is 0.00000242. The number of rotatable bonds is 5. The molecule has 0 saturated heterocycles. The maximum absolute atomic E-state index is 11.1. The van der Waals surface area contributed by atoms with Gasteiger partial charge in [0.05, 0.1) is 5.56 Å². The zero-order valence-corrected chi connectivity index (χ0v) is 14.3. The molecule has 0 atom stereocenters. The number of hydrogen-bond acceptors (Lipinski definition) is 3. The van der Waals surface area contributed by atoms with E-state index in [-0.39, 0.29) is 38.3 Å². The Morgan fingerprint density at radius 2 is 2.05 bits per heavy atom. The van der Waals surface area contributed by atoms with Crippen LogP contribution in [0.25, 0.3) is 17.4 Å². The van der Waals surface area contributed by atoms with Crippen LogP contribution in [0.5, 0.6) is 0 Å². The van der Waals surface area contributed by atoms with E-state index >= 15 is 0 Å².